The Bertz CT molecular complexity index is 1060. The summed E-state index contributed by atoms with van der Waals surface area (Å²) >= 11 is 0. The predicted octanol–water partition coefficient (Wildman–Crippen LogP) is 2.75. The van der Waals surface area contributed by atoms with Crippen LogP contribution >= 0.6 is 0 Å². The van der Waals surface area contributed by atoms with Crippen LogP contribution in [0.4, 0.5) is 0 Å². The van der Waals surface area contributed by atoms with Gasteiger partial charge in [-0.1, -0.05) is 18.2 Å². The Balaban J connectivity index is 1.41. The minimum atomic E-state index is -0.0295. The van der Waals surface area contributed by atoms with E-state index in [9.17, 15) is 4.79 Å². The van der Waals surface area contributed by atoms with E-state index < -0.39 is 0 Å². The van der Waals surface area contributed by atoms with Crippen molar-refractivity contribution in [2.75, 3.05) is 0 Å². The normalized spacial score (nSPS) is 11.0. The fraction of sp³-hybridized carbons (Fsp3) is 0.150. The lowest BCUT2D eigenvalue weighted by atomic mass is 10.1. The quantitative estimate of drug-likeness (QED) is 0.605. The van der Waals surface area contributed by atoms with Gasteiger partial charge in [0.2, 0.25) is 5.91 Å². The lowest BCUT2D eigenvalue weighted by Crippen LogP contribution is -2.26. The van der Waals surface area contributed by atoms with E-state index in [1.807, 2.05) is 60.4 Å². The van der Waals surface area contributed by atoms with E-state index in [0.29, 0.717) is 13.1 Å². The molecular formula is C20H19N5O. The molecule has 1 aromatic carbocycles. The van der Waals surface area contributed by atoms with Crippen molar-refractivity contribution in [3.63, 3.8) is 0 Å². The highest BCUT2D eigenvalue weighted by molar-refractivity contribution is 5.83. The first-order valence-corrected chi connectivity index (χ1v) is 8.42. The Morgan fingerprint density at radius 3 is 2.85 bits per heavy atom. The predicted molar refractivity (Wildman–Crippen MR) is 100 cm³/mol. The molecule has 130 valence electrons. The van der Waals surface area contributed by atoms with Crippen molar-refractivity contribution >= 4 is 16.8 Å². The Labute approximate surface area is 151 Å². The van der Waals surface area contributed by atoms with Crippen molar-refractivity contribution in [3.8, 4) is 11.1 Å². The van der Waals surface area contributed by atoms with E-state index >= 15 is 0 Å². The molecule has 0 fully saturated rings. The molecule has 3 heterocycles. The number of carbonyl (C=O) groups excluding carboxylic acids is 1. The largest absolute Gasteiger partial charge is 0.350 e. The smallest absolute Gasteiger partial charge is 0.240 e. The van der Waals surface area contributed by atoms with Crippen molar-refractivity contribution in [1.29, 1.82) is 0 Å². The van der Waals surface area contributed by atoms with Gasteiger partial charge >= 0.3 is 0 Å². The standard InChI is InChI=1S/C20H19N5O/c1-24-13-18(12-23-24)17-8-15(9-21-11-17)10-22-20(26)14-25-7-6-16-4-2-3-5-19(16)25/h2-9,11-13H,10,14H2,1H3,(H,22,26). The highest BCUT2D eigenvalue weighted by Crippen LogP contribution is 2.18. The van der Waals surface area contributed by atoms with Crippen LogP contribution in [0.1, 0.15) is 5.56 Å². The Morgan fingerprint density at radius 1 is 1.12 bits per heavy atom. The fourth-order valence-corrected chi connectivity index (χ4v) is 3.00. The number of rotatable bonds is 5. The molecule has 4 aromatic rings. The number of aromatic nitrogens is 4. The molecule has 0 aliphatic rings. The number of hydrogen-bond acceptors (Lipinski definition) is 3. The minimum Gasteiger partial charge on any atom is -0.350 e. The highest BCUT2D eigenvalue weighted by atomic mass is 16.1. The molecule has 26 heavy (non-hydrogen) atoms. The van der Waals surface area contributed by atoms with Gasteiger partial charge in [-0.15, -0.1) is 0 Å². The van der Waals surface area contributed by atoms with Gasteiger partial charge in [0.15, 0.2) is 0 Å². The Hall–Kier alpha value is -3.41. The molecule has 3 aromatic heterocycles. The van der Waals surface area contributed by atoms with Crippen LogP contribution in [0.5, 0.6) is 0 Å². The van der Waals surface area contributed by atoms with Crippen LogP contribution in [0.2, 0.25) is 0 Å². The number of aryl methyl sites for hydroxylation is 1. The van der Waals surface area contributed by atoms with Gasteiger partial charge in [0, 0.05) is 55.0 Å². The second kappa shape index (κ2) is 6.84. The Morgan fingerprint density at radius 2 is 2.00 bits per heavy atom. The zero-order valence-corrected chi connectivity index (χ0v) is 14.5. The number of pyridine rings is 1. The second-order valence-corrected chi connectivity index (χ2v) is 6.26. The van der Waals surface area contributed by atoms with Gasteiger partial charge in [-0.3, -0.25) is 14.5 Å². The highest BCUT2D eigenvalue weighted by Gasteiger charge is 2.07. The lowest BCUT2D eigenvalue weighted by Gasteiger charge is -2.08. The van der Waals surface area contributed by atoms with Crippen LogP contribution in [-0.2, 0) is 24.9 Å². The topological polar surface area (TPSA) is 64.7 Å². The summed E-state index contributed by atoms with van der Waals surface area (Å²) in [5, 5.41) is 8.28. The maximum Gasteiger partial charge on any atom is 0.240 e. The van der Waals surface area contributed by atoms with E-state index in [-0.39, 0.29) is 5.91 Å². The minimum absolute atomic E-state index is 0.0295. The first-order valence-electron chi connectivity index (χ1n) is 8.42. The molecule has 0 atom stereocenters. The van der Waals surface area contributed by atoms with Gasteiger partial charge < -0.3 is 9.88 Å². The molecule has 0 saturated carbocycles. The molecule has 0 unspecified atom stereocenters. The second-order valence-electron chi connectivity index (χ2n) is 6.26. The molecule has 1 amide bonds. The summed E-state index contributed by atoms with van der Waals surface area (Å²) in [5.41, 5.74) is 4.01. The van der Waals surface area contributed by atoms with Gasteiger partial charge in [0.25, 0.3) is 0 Å². The molecule has 0 radical (unpaired) electrons. The van der Waals surface area contributed by atoms with Gasteiger partial charge in [0.05, 0.1) is 6.20 Å². The average molecular weight is 345 g/mol. The monoisotopic (exact) mass is 345 g/mol. The van der Waals surface area contributed by atoms with Crippen LogP contribution in [0.25, 0.3) is 22.0 Å². The van der Waals surface area contributed by atoms with Gasteiger partial charge in [-0.2, -0.15) is 5.10 Å². The number of nitrogens with zero attached hydrogens (tertiary/aromatic N) is 4. The molecule has 6 heteroatoms. The molecule has 0 spiro atoms. The third kappa shape index (κ3) is 3.35. The van der Waals surface area contributed by atoms with Crippen molar-refractivity contribution in [2.45, 2.75) is 13.1 Å². The van der Waals surface area contributed by atoms with E-state index in [2.05, 4.69) is 15.4 Å². The summed E-state index contributed by atoms with van der Waals surface area (Å²) < 4.78 is 3.71. The molecule has 0 saturated heterocycles. The van der Waals surface area contributed by atoms with E-state index in [0.717, 1.165) is 27.6 Å². The molecule has 4 rings (SSSR count). The molecule has 0 aliphatic heterocycles. The third-order valence-corrected chi connectivity index (χ3v) is 4.32. The first-order chi connectivity index (χ1) is 12.7. The number of benzene rings is 1. The van der Waals surface area contributed by atoms with Crippen LogP contribution in [0.3, 0.4) is 0 Å². The zero-order valence-electron chi connectivity index (χ0n) is 14.5. The third-order valence-electron chi connectivity index (χ3n) is 4.32. The molecular weight excluding hydrogens is 326 g/mol. The summed E-state index contributed by atoms with van der Waals surface area (Å²) in [6.45, 7) is 0.738. The van der Waals surface area contributed by atoms with Gasteiger partial charge in [0.1, 0.15) is 6.54 Å². The maximum atomic E-state index is 12.3. The number of hydrogen-bond donors (Lipinski definition) is 1. The van der Waals surface area contributed by atoms with Crippen molar-refractivity contribution in [1.82, 2.24) is 24.6 Å². The van der Waals surface area contributed by atoms with Crippen LogP contribution in [-0.4, -0.2) is 25.2 Å². The van der Waals surface area contributed by atoms with E-state index in [1.165, 1.54) is 0 Å². The summed E-state index contributed by atoms with van der Waals surface area (Å²) in [4.78, 5) is 16.6. The Kier molecular flexibility index (Phi) is 4.23. The van der Waals surface area contributed by atoms with Crippen LogP contribution in [0, 0.1) is 0 Å². The van der Waals surface area contributed by atoms with E-state index in [1.54, 1.807) is 23.3 Å². The number of para-hydroxylation sites is 1. The van der Waals surface area contributed by atoms with E-state index in [4.69, 9.17) is 0 Å². The summed E-state index contributed by atoms with van der Waals surface area (Å²) in [6.07, 6.45) is 9.25. The zero-order chi connectivity index (χ0) is 17.9. The summed E-state index contributed by atoms with van der Waals surface area (Å²) in [5.74, 6) is -0.0295. The van der Waals surface area contributed by atoms with Crippen molar-refractivity contribution in [3.05, 3.63) is 72.9 Å². The van der Waals surface area contributed by atoms with Crippen molar-refractivity contribution in [2.24, 2.45) is 7.05 Å². The van der Waals surface area contributed by atoms with Gasteiger partial charge in [-0.25, -0.2) is 0 Å². The number of nitrogens with one attached hydrogen (secondary N) is 1. The molecule has 0 aliphatic carbocycles. The number of amides is 1. The van der Waals surface area contributed by atoms with Crippen LogP contribution < -0.4 is 5.32 Å². The van der Waals surface area contributed by atoms with Gasteiger partial charge in [-0.05, 0) is 29.1 Å². The number of fused-ring (bicyclic) bond motifs is 1. The average Bonchev–Trinajstić information content (AvgIpc) is 3.27. The first kappa shape index (κ1) is 16.1. The maximum absolute atomic E-state index is 12.3. The summed E-state index contributed by atoms with van der Waals surface area (Å²) in [7, 11) is 1.88. The number of carbonyl (C=O) groups is 1. The summed E-state index contributed by atoms with van der Waals surface area (Å²) in [6, 6.07) is 12.1. The molecule has 1 N–H and O–H groups in total. The molecule has 6 nitrogen and oxygen atoms in total. The SMILES string of the molecule is Cn1cc(-c2cncc(CNC(=O)Cn3ccc4ccccc43)c2)cn1. The van der Waals surface area contributed by atoms with Crippen LogP contribution in [0.15, 0.2) is 67.4 Å². The lowest BCUT2D eigenvalue weighted by molar-refractivity contribution is -0.121. The molecule has 0 bridgehead atoms. The fourth-order valence-electron chi connectivity index (χ4n) is 3.00. The van der Waals surface area contributed by atoms with Crippen molar-refractivity contribution < 1.29 is 4.79 Å².